The molecule has 25 heavy (non-hydrogen) atoms. The van der Waals surface area contributed by atoms with Gasteiger partial charge in [0.2, 0.25) is 5.91 Å². The molecule has 1 aliphatic heterocycles. The fraction of sp³-hybridized carbons (Fsp3) is 0.176. The molecule has 0 bridgehead atoms. The van der Waals surface area contributed by atoms with Crippen LogP contribution >= 0.6 is 11.8 Å². The second-order valence-electron chi connectivity index (χ2n) is 5.49. The van der Waals surface area contributed by atoms with Crippen molar-refractivity contribution in [2.45, 2.75) is 18.2 Å². The van der Waals surface area contributed by atoms with Crippen LogP contribution in [-0.2, 0) is 4.79 Å². The van der Waals surface area contributed by atoms with Crippen LogP contribution in [0.4, 0.5) is 5.69 Å². The first-order valence-electron chi connectivity index (χ1n) is 7.59. The predicted octanol–water partition coefficient (Wildman–Crippen LogP) is 1.73. The molecule has 3 aromatic rings. The SMILES string of the molecule is CSc1nc([O-])c2[n+](n1)C(c1ccco1)N(C(C)=O)c1ccccc1-2. The average Bonchev–Trinajstić information content (AvgIpc) is 3.13. The molecular weight excluding hydrogens is 340 g/mol. The average molecular weight is 354 g/mol. The number of furan rings is 1. The van der Waals surface area contributed by atoms with Crippen molar-refractivity contribution in [3.05, 3.63) is 48.4 Å². The Labute approximate surface area is 147 Å². The fourth-order valence-corrected chi connectivity index (χ4v) is 3.40. The van der Waals surface area contributed by atoms with Crippen LogP contribution in [0, 0.1) is 0 Å². The number of benzene rings is 1. The van der Waals surface area contributed by atoms with Crippen molar-refractivity contribution in [2.75, 3.05) is 11.2 Å². The minimum atomic E-state index is -0.681. The van der Waals surface area contributed by atoms with Gasteiger partial charge < -0.3 is 9.52 Å². The van der Waals surface area contributed by atoms with Crippen LogP contribution in [-0.4, -0.2) is 22.2 Å². The zero-order valence-corrected chi connectivity index (χ0v) is 14.4. The fourth-order valence-electron chi connectivity index (χ4n) is 3.06. The maximum absolute atomic E-state index is 12.7. The number of anilines is 1. The first kappa shape index (κ1) is 15.6. The lowest BCUT2D eigenvalue weighted by Crippen LogP contribution is -2.58. The highest BCUT2D eigenvalue weighted by molar-refractivity contribution is 7.98. The standard InChI is InChI=1S/C17H14N4O3S/c1-10(22)20-12-7-4-3-6-11(12)14-15(23)18-17(25-2)19-21(14)16(20)13-8-5-9-24-13/h3-9,16H,1-2H3. The van der Waals surface area contributed by atoms with Crippen molar-refractivity contribution >= 4 is 23.4 Å². The number of thioether (sulfide) groups is 1. The van der Waals surface area contributed by atoms with Gasteiger partial charge in [-0.2, -0.15) is 0 Å². The number of rotatable bonds is 2. The highest BCUT2D eigenvalue weighted by Crippen LogP contribution is 2.40. The van der Waals surface area contributed by atoms with E-state index in [4.69, 9.17) is 4.42 Å². The van der Waals surface area contributed by atoms with E-state index in [2.05, 4.69) is 10.1 Å². The molecule has 1 aromatic carbocycles. The summed E-state index contributed by atoms with van der Waals surface area (Å²) < 4.78 is 7.09. The molecule has 1 aliphatic rings. The van der Waals surface area contributed by atoms with Crippen LogP contribution < -0.4 is 14.7 Å². The summed E-state index contributed by atoms with van der Waals surface area (Å²) in [6, 6.07) is 10.7. The Hall–Kier alpha value is -2.87. The van der Waals surface area contributed by atoms with Gasteiger partial charge in [-0.15, -0.1) is 0 Å². The number of nitrogens with zero attached hydrogens (tertiary/aromatic N) is 4. The van der Waals surface area contributed by atoms with Crippen LogP contribution in [0.2, 0.25) is 0 Å². The number of para-hydroxylation sites is 1. The zero-order valence-electron chi connectivity index (χ0n) is 13.5. The normalized spacial score (nSPS) is 15.6. The molecule has 8 heteroatoms. The highest BCUT2D eigenvalue weighted by Gasteiger charge is 2.45. The second-order valence-corrected chi connectivity index (χ2v) is 6.27. The summed E-state index contributed by atoms with van der Waals surface area (Å²) >= 11 is 1.27. The van der Waals surface area contributed by atoms with Crippen molar-refractivity contribution in [1.29, 1.82) is 0 Å². The molecule has 0 aliphatic carbocycles. The molecule has 7 nitrogen and oxygen atoms in total. The van der Waals surface area contributed by atoms with E-state index in [1.54, 1.807) is 35.4 Å². The van der Waals surface area contributed by atoms with Gasteiger partial charge in [-0.3, -0.25) is 4.79 Å². The number of carbonyl (C=O) groups is 1. The first-order chi connectivity index (χ1) is 12.1. The molecule has 0 saturated carbocycles. The van der Waals surface area contributed by atoms with Gasteiger partial charge in [0.05, 0.1) is 23.4 Å². The number of fused-ring (bicyclic) bond motifs is 3. The van der Waals surface area contributed by atoms with Gasteiger partial charge >= 0.3 is 6.17 Å². The summed E-state index contributed by atoms with van der Waals surface area (Å²) in [7, 11) is 0. The van der Waals surface area contributed by atoms with Gasteiger partial charge in [-0.1, -0.05) is 23.9 Å². The Morgan fingerprint density at radius 2 is 2.12 bits per heavy atom. The molecule has 0 fully saturated rings. The summed E-state index contributed by atoms with van der Waals surface area (Å²) in [5.41, 5.74) is 1.60. The second kappa shape index (κ2) is 5.89. The third kappa shape index (κ3) is 2.37. The van der Waals surface area contributed by atoms with E-state index < -0.39 is 6.17 Å². The van der Waals surface area contributed by atoms with Crippen molar-refractivity contribution in [2.24, 2.45) is 0 Å². The number of amides is 1. The minimum absolute atomic E-state index is 0.177. The zero-order chi connectivity index (χ0) is 17.6. The molecule has 0 spiro atoms. The topological polar surface area (TPSA) is 86.2 Å². The lowest BCUT2D eigenvalue weighted by molar-refractivity contribution is -0.765. The molecule has 1 atom stereocenters. The van der Waals surface area contributed by atoms with Crippen molar-refractivity contribution < 1.29 is 19.0 Å². The van der Waals surface area contributed by atoms with E-state index in [0.717, 1.165) is 0 Å². The molecule has 1 amide bonds. The lowest BCUT2D eigenvalue weighted by atomic mass is 10.0. The molecule has 0 saturated heterocycles. The number of hydrogen-bond donors (Lipinski definition) is 0. The van der Waals surface area contributed by atoms with Crippen LogP contribution in [0.3, 0.4) is 0 Å². The minimum Gasteiger partial charge on any atom is -0.854 e. The Morgan fingerprint density at radius 1 is 1.32 bits per heavy atom. The van der Waals surface area contributed by atoms with Gasteiger partial charge in [0.25, 0.3) is 10.9 Å². The Balaban J connectivity index is 2.09. The van der Waals surface area contributed by atoms with Crippen molar-refractivity contribution in [1.82, 2.24) is 10.1 Å². The van der Waals surface area contributed by atoms with E-state index in [1.807, 2.05) is 12.1 Å². The quantitative estimate of drug-likeness (QED) is 0.515. The molecular formula is C17H14N4O3S. The van der Waals surface area contributed by atoms with Crippen LogP contribution in [0.25, 0.3) is 11.3 Å². The monoisotopic (exact) mass is 354 g/mol. The van der Waals surface area contributed by atoms with Gasteiger partial charge in [0.1, 0.15) is 0 Å². The largest absolute Gasteiger partial charge is 0.854 e. The summed E-state index contributed by atoms with van der Waals surface area (Å²) in [5, 5.41) is 17.5. The van der Waals surface area contributed by atoms with Crippen molar-refractivity contribution in [3.63, 3.8) is 0 Å². The Morgan fingerprint density at radius 3 is 2.80 bits per heavy atom. The molecule has 4 rings (SSSR count). The number of carbonyl (C=O) groups excluding carboxylic acids is 1. The molecule has 0 radical (unpaired) electrons. The Kier molecular flexibility index (Phi) is 3.69. The number of aromatic nitrogens is 3. The van der Waals surface area contributed by atoms with E-state index >= 15 is 0 Å². The lowest BCUT2D eigenvalue weighted by Gasteiger charge is -2.31. The summed E-state index contributed by atoms with van der Waals surface area (Å²) in [5.74, 6) is -0.0450. The van der Waals surface area contributed by atoms with Gasteiger partial charge in [0.15, 0.2) is 5.76 Å². The summed E-state index contributed by atoms with van der Waals surface area (Å²) in [6.07, 6.45) is 2.64. The molecule has 1 unspecified atom stereocenters. The van der Waals surface area contributed by atoms with Gasteiger partial charge in [-0.05, 0) is 35.2 Å². The summed E-state index contributed by atoms with van der Waals surface area (Å²) in [4.78, 5) is 18.1. The van der Waals surface area contributed by atoms with Gasteiger partial charge in [0, 0.05) is 12.0 Å². The molecule has 0 N–H and O–H groups in total. The smallest absolute Gasteiger partial charge is 0.325 e. The molecule has 126 valence electrons. The van der Waals surface area contributed by atoms with Crippen molar-refractivity contribution in [3.8, 4) is 17.1 Å². The van der Waals surface area contributed by atoms with Gasteiger partial charge in [-0.25, -0.2) is 9.88 Å². The first-order valence-corrected chi connectivity index (χ1v) is 8.81. The van der Waals surface area contributed by atoms with E-state index in [9.17, 15) is 9.90 Å². The van der Waals surface area contributed by atoms with Crippen LogP contribution in [0.1, 0.15) is 18.8 Å². The van der Waals surface area contributed by atoms with Crippen LogP contribution in [0.15, 0.2) is 52.2 Å². The summed E-state index contributed by atoms with van der Waals surface area (Å²) in [6.45, 7) is 1.48. The Bertz CT molecular complexity index is 959. The number of hydrogen-bond acceptors (Lipinski definition) is 6. The highest BCUT2D eigenvalue weighted by atomic mass is 32.2. The van der Waals surface area contributed by atoms with E-state index in [0.29, 0.717) is 27.9 Å². The third-order valence-electron chi connectivity index (χ3n) is 4.04. The predicted molar refractivity (Wildman–Crippen MR) is 88.9 cm³/mol. The maximum atomic E-state index is 12.7. The van der Waals surface area contributed by atoms with Crippen LogP contribution in [0.5, 0.6) is 5.88 Å². The van der Waals surface area contributed by atoms with E-state index in [-0.39, 0.29) is 11.8 Å². The molecule has 3 heterocycles. The third-order valence-corrected chi connectivity index (χ3v) is 4.57. The maximum Gasteiger partial charge on any atom is 0.325 e. The molecule has 2 aromatic heterocycles. The van der Waals surface area contributed by atoms with E-state index in [1.165, 1.54) is 29.6 Å².